The molecule has 0 bridgehead atoms. The maximum Gasteiger partial charge on any atom is 0.384 e. The Labute approximate surface area is 150 Å². The second kappa shape index (κ2) is 10.0. The number of benzene rings is 1. The maximum absolute atomic E-state index is 11.5. The third-order valence-corrected chi connectivity index (χ3v) is 2.89. The first kappa shape index (κ1) is 20.1. The van der Waals surface area contributed by atoms with Crippen LogP contribution in [0.5, 0.6) is 0 Å². The summed E-state index contributed by atoms with van der Waals surface area (Å²) in [6.07, 6.45) is -0.324. The molecule has 23 heavy (non-hydrogen) atoms. The van der Waals surface area contributed by atoms with Crippen molar-refractivity contribution in [3.05, 3.63) is 35.4 Å². The van der Waals surface area contributed by atoms with Crippen LogP contribution in [-0.4, -0.2) is 29.3 Å². The van der Waals surface area contributed by atoms with Gasteiger partial charge in [-0.1, -0.05) is 58.9 Å². The topological polar surface area (TPSA) is 44.8 Å². The smallest absolute Gasteiger partial charge is 0.384 e. The molecular formula is C16H17Cl3O4. The van der Waals surface area contributed by atoms with Gasteiger partial charge in [-0.05, 0) is 25.5 Å². The van der Waals surface area contributed by atoms with Gasteiger partial charge in [0.15, 0.2) is 6.29 Å². The predicted molar refractivity (Wildman–Crippen MR) is 90.4 cm³/mol. The van der Waals surface area contributed by atoms with Crippen molar-refractivity contribution in [2.45, 2.75) is 30.5 Å². The van der Waals surface area contributed by atoms with Gasteiger partial charge in [0.05, 0.1) is 6.61 Å². The van der Waals surface area contributed by atoms with Gasteiger partial charge in [0, 0.05) is 18.1 Å². The van der Waals surface area contributed by atoms with Gasteiger partial charge >= 0.3 is 5.97 Å². The molecule has 0 amide bonds. The van der Waals surface area contributed by atoms with E-state index in [4.69, 9.17) is 49.0 Å². The molecule has 7 heteroatoms. The van der Waals surface area contributed by atoms with Crippen LogP contribution >= 0.6 is 34.8 Å². The first-order valence-electron chi connectivity index (χ1n) is 6.88. The van der Waals surface area contributed by atoms with E-state index in [2.05, 4.69) is 11.8 Å². The average molecular weight is 380 g/mol. The zero-order chi connectivity index (χ0) is 17.3. The fourth-order valence-corrected chi connectivity index (χ4v) is 1.72. The highest BCUT2D eigenvalue weighted by atomic mass is 35.6. The van der Waals surface area contributed by atoms with Crippen LogP contribution in [0.4, 0.5) is 0 Å². The molecule has 0 fully saturated rings. The van der Waals surface area contributed by atoms with Gasteiger partial charge in [0.1, 0.15) is 6.61 Å². The zero-order valence-corrected chi connectivity index (χ0v) is 15.0. The first-order valence-corrected chi connectivity index (χ1v) is 8.02. The highest BCUT2D eigenvalue weighted by molar-refractivity contribution is 6.67. The largest absolute Gasteiger partial charge is 0.452 e. The molecule has 0 saturated heterocycles. The Hall–Kier alpha value is -0.960. The van der Waals surface area contributed by atoms with E-state index in [-0.39, 0.29) is 12.9 Å². The SMILES string of the molecule is CCOC(C)OCc1ccccc1C#CC(=O)OCC(Cl)(Cl)Cl. The Morgan fingerprint density at radius 2 is 1.96 bits per heavy atom. The number of hydrogen-bond acceptors (Lipinski definition) is 4. The molecule has 1 aromatic carbocycles. The van der Waals surface area contributed by atoms with Gasteiger partial charge in [-0.2, -0.15) is 0 Å². The summed E-state index contributed by atoms with van der Waals surface area (Å²) in [5, 5.41) is 0. The van der Waals surface area contributed by atoms with Crippen molar-refractivity contribution in [1.29, 1.82) is 0 Å². The number of hydrogen-bond donors (Lipinski definition) is 0. The van der Waals surface area contributed by atoms with Crippen LogP contribution in [0.15, 0.2) is 24.3 Å². The summed E-state index contributed by atoms with van der Waals surface area (Å²) in [6.45, 7) is 4.22. The molecule has 0 aliphatic heterocycles. The molecule has 0 heterocycles. The number of carbonyl (C=O) groups excluding carboxylic acids is 1. The molecule has 0 aliphatic rings. The standard InChI is InChI=1S/C16H17Cl3O4/c1-3-21-12(2)22-10-14-7-5-4-6-13(14)8-9-15(20)23-11-16(17,18)19/h4-7,12H,3,10-11H2,1-2H3. The zero-order valence-electron chi connectivity index (χ0n) is 12.8. The van der Waals surface area contributed by atoms with Crippen LogP contribution in [0, 0.1) is 11.8 Å². The van der Waals surface area contributed by atoms with Crippen LogP contribution in [0.3, 0.4) is 0 Å². The van der Waals surface area contributed by atoms with E-state index in [0.717, 1.165) is 5.56 Å². The molecule has 4 nitrogen and oxygen atoms in total. The Bertz CT molecular complexity index is 573. The highest BCUT2D eigenvalue weighted by Crippen LogP contribution is 2.25. The molecule has 126 valence electrons. The van der Waals surface area contributed by atoms with E-state index in [1.165, 1.54) is 0 Å². The first-order chi connectivity index (χ1) is 10.8. The molecule has 0 N–H and O–H groups in total. The summed E-state index contributed by atoms with van der Waals surface area (Å²) < 4.78 is 13.9. The van der Waals surface area contributed by atoms with Gasteiger partial charge < -0.3 is 14.2 Å². The van der Waals surface area contributed by atoms with Crippen molar-refractivity contribution in [2.75, 3.05) is 13.2 Å². The third-order valence-electron chi connectivity index (χ3n) is 2.56. The van der Waals surface area contributed by atoms with Crippen LogP contribution < -0.4 is 0 Å². The number of carbonyl (C=O) groups is 1. The predicted octanol–water partition coefficient (Wildman–Crippen LogP) is 3.85. The van der Waals surface area contributed by atoms with Crippen LogP contribution in [-0.2, 0) is 25.6 Å². The maximum atomic E-state index is 11.5. The lowest BCUT2D eigenvalue weighted by Crippen LogP contribution is -2.16. The van der Waals surface area contributed by atoms with Crippen molar-refractivity contribution in [1.82, 2.24) is 0 Å². The van der Waals surface area contributed by atoms with Gasteiger partial charge in [0.25, 0.3) is 0 Å². The Morgan fingerprint density at radius 1 is 1.26 bits per heavy atom. The second-order valence-corrected chi connectivity index (χ2v) is 6.95. The van der Waals surface area contributed by atoms with Crippen LogP contribution in [0.1, 0.15) is 25.0 Å². The fraction of sp³-hybridized carbons (Fsp3) is 0.438. The van der Waals surface area contributed by atoms with E-state index < -0.39 is 9.76 Å². The summed E-state index contributed by atoms with van der Waals surface area (Å²) in [4.78, 5) is 11.5. The molecule has 0 saturated carbocycles. The molecule has 1 unspecified atom stereocenters. The van der Waals surface area contributed by atoms with Crippen molar-refractivity contribution >= 4 is 40.8 Å². The minimum Gasteiger partial charge on any atom is -0.452 e. The number of rotatable bonds is 6. The molecule has 0 aromatic heterocycles. The minimum absolute atomic E-state index is 0.315. The van der Waals surface area contributed by atoms with E-state index in [1.54, 1.807) is 6.07 Å². The van der Waals surface area contributed by atoms with Crippen LogP contribution in [0.2, 0.25) is 0 Å². The van der Waals surface area contributed by atoms with Crippen LogP contribution in [0.25, 0.3) is 0 Å². The summed E-state index contributed by atoms with van der Waals surface area (Å²) in [6, 6.07) is 7.30. The summed E-state index contributed by atoms with van der Waals surface area (Å²) in [5.74, 6) is 4.31. The van der Waals surface area contributed by atoms with E-state index in [9.17, 15) is 4.79 Å². The Balaban J connectivity index is 2.67. The van der Waals surface area contributed by atoms with Crippen molar-refractivity contribution < 1.29 is 19.0 Å². The lowest BCUT2D eigenvalue weighted by atomic mass is 10.1. The Morgan fingerprint density at radius 3 is 2.61 bits per heavy atom. The molecule has 1 atom stereocenters. The minimum atomic E-state index is -1.65. The number of esters is 1. The highest BCUT2D eigenvalue weighted by Gasteiger charge is 2.21. The van der Waals surface area contributed by atoms with Gasteiger partial charge in [-0.3, -0.25) is 0 Å². The fourth-order valence-electron chi connectivity index (χ4n) is 1.56. The van der Waals surface area contributed by atoms with E-state index in [1.807, 2.05) is 32.0 Å². The third kappa shape index (κ3) is 9.04. The molecule has 1 rings (SSSR count). The summed E-state index contributed by atoms with van der Waals surface area (Å²) in [5.41, 5.74) is 1.49. The average Bonchev–Trinajstić information content (AvgIpc) is 2.49. The van der Waals surface area contributed by atoms with Crippen molar-refractivity contribution in [3.63, 3.8) is 0 Å². The molecular weight excluding hydrogens is 363 g/mol. The second-order valence-electron chi connectivity index (χ2n) is 4.43. The van der Waals surface area contributed by atoms with Gasteiger partial charge in [-0.25, -0.2) is 4.79 Å². The normalized spacial score (nSPS) is 12.2. The van der Waals surface area contributed by atoms with Gasteiger partial charge in [0.2, 0.25) is 3.79 Å². The van der Waals surface area contributed by atoms with Crippen molar-refractivity contribution in [2.24, 2.45) is 0 Å². The number of alkyl halides is 3. The Kier molecular flexibility index (Phi) is 8.75. The van der Waals surface area contributed by atoms with Gasteiger partial charge in [-0.15, -0.1) is 0 Å². The monoisotopic (exact) mass is 378 g/mol. The summed E-state index contributed by atoms with van der Waals surface area (Å²) >= 11 is 16.5. The van der Waals surface area contributed by atoms with Crippen molar-refractivity contribution in [3.8, 4) is 11.8 Å². The number of halogens is 3. The van der Waals surface area contributed by atoms with E-state index in [0.29, 0.717) is 18.8 Å². The molecule has 1 aromatic rings. The molecule has 0 aliphatic carbocycles. The molecule has 0 radical (unpaired) electrons. The lowest BCUT2D eigenvalue weighted by Gasteiger charge is -2.13. The summed E-state index contributed by atoms with van der Waals surface area (Å²) in [7, 11) is 0. The lowest BCUT2D eigenvalue weighted by molar-refractivity contribution is -0.136. The quantitative estimate of drug-likeness (QED) is 0.326. The molecule has 0 spiro atoms. The number of ether oxygens (including phenoxy) is 3. The van der Waals surface area contributed by atoms with E-state index >= 15 is 0 Å².